The maximum absolute atomic E-state index is 14.2. The van der Waals surface area contributed by atoms with Gasteiger partial charge in [-0.1, -0.05) is 31.5 Å². The topological polar surface area (TPSA) is 168 Å². The van der Waals surface area contributed by atoms with Crippen LogP contribution in [0, 0.1) is 11.2 Å². The zero-order chi connectivity index (χ0) is 36.3. The number of methoxy groups -OCH3 is 1. The molecule has 2 aliphatic heterocycles. The predicted octanol–water partition coefficient (Wildman–Crippen LogP) is 3.41. The molecule has 1 fully saturated rings. The Kier molecular flexibility index (Phi) is 12.2. The normalized spacial score (nSPS) is 17.8. The van der Waals surface area contributed by atoms with E-state index < -0.39 is 61.6 Å². The van der Waals surface area contributed by atoms with Crippen LogP contribution in [0.2, 0.25) is 5.02 Å². The van der Waals surface area contributed by atoms with E-state index in [2.05, 4.69) is 4.98 Å². The summed E-state index contributed by atoms with van der Waals surface area (Å²) in [5.74, 6) is -2.80. The molecule has 0 N–H and O–H groups in total. The number of carbonyl (C=O) groups is 2. The number of ether oxygens (including phenoxy) is 3. The highest BCUT2D eigenvalue weighted by atomic mass is 35.5. The molecule has 2 amide bonds. The van der Waals surface area contributed by atoms with E-state index >= 15 is 0 Å². The number of fused-ring (bicyclic) bond motifs is 1. The summed E-state index contributed by atoms with van der Waals surface area (Å²) in [7, 11) is -5.31. The molecule has 0 radical (unpaired) electrons. The molecule has 1 aromatic carbocycles. The molecule has 0 bridgehead atoms. The number of amides is 2. The van der Waals surface area contributed by atoms with Gasteiger partial charge in [-0.3, -0.25) is 13.8 Å². The maximum Gasteiger partial charge on any atom is 0.307 e. The SMILES string of the molecule is COc1c(OS(C)(=O)=O)nc(C(=O)N(C)CC(O[C@@H]2CCCCO2)C(C)(C)COS(C)(=O)=O)c2c1C(=O)N(Cc1ccc(F)c(Cl)c1)CC2. The first-order valence-electron chi connectivity index (χ1n) is 15.4. The first-order chi connectivity index (χ1) is 22.8. The number of rotatable bonds is 14. The molecule has 1 unspecified atom stereocenters. The Morgan fingerprint density at radius 2 is 1.92 bits per heavy atom. The molecule has 49 heavy (non-hydrogen) atoms. The van der Waals surface area contributed by atoms with Crippen LogP contribution in [0.1, 0.15) is 65.1 Å². The third kappa shape index (κ3) is 10.0. The van der Waals surface area contributed by atoms with Crippen molar-refractivity contribution in [2.75, 3.05) is 53.0 Å². The number of likely N-dealkylation sites (N-methyl/N-ethyl adjacent to an activating group) is 1. The van der Waals surface area contributed by atoms with Crippen LogP contribution in [0.5, 0.6) is 11.6 Å². The van der Waals surface area contributed by atoms with Crippen molar-refractivity contribution in [2.45, 2.75) is 58.5 Å². The second kappa shape index (κ2) is 15.4. The lowest BCUT2D eigenvalue weighted by molar-refractivity contribution is -0.213. The molecule has 14 nitrogen and oxygen atoms in total. The van der Waals surface area contributed by atoms with Crippen molar-refractivity contribution >= 4 is 43.7 Å². The van der Waals surface area contributed by atoms with Crippen molar-refractivity contribution in [1.29, 1.82) is 0 Å². The summed E-state index contributed by atoms with van der Waals surface area (Å²) >= 11 is 5.95. The van der Waals surface area contributed by atoms with E-state index in [1.165, 1.54) is 42.2 Å². The van der Waals surface area contributed by atoms with Crippen LogP contribution in [0.15, 0.2) is 18.2 Å². The van der Waals surface area contributed by atoms with Gasteiger partial charge in [-0.15, -0.1) is 0 Å². The average Bonchev–Trinajstić information content (AvgIpc) is 3.01. The van der Waals surface area contributed by atoms with Crippen LogP contribution in [0.25, 0.3) is 0 Å². The fraction of sp³-hybridized carbons (Fsp3) is 0.581. The van der Waals surface area contributed by atoms with E-state index in [9.17, 15) is 30.8 Å². The molecular formula is C31H41ClFN3O11S2. The molecule has 4 rings (SSSR count). The van der Waals surface area contributed by atoms with E-state index in [0.717, 1.165) is 25.4 Å². The molecule has 0 spiro atoms. The van der Waals surface area contributed by atoms with E-state index in [-0.39, 0.29) is 60.3 Å². The molecule has 3 heterocycles. The van der Waals surface area contributed by atoms with Crippen LogP contribution in [-0.4, -0.2) is 109 Å². The Morgan fingerprint density at radius 1 is 1.20 bits per heavy atom. The van der Waals surface area contributed by atoms with Gasteiger partial charge in [0.05, 0.1) is 42.9 Å². The number of carbonyl (C=O) groups excluding carboxylic acids is 2. The van der Waals surface area contributed by atoms with Crippen molar-refractivity contribution in [1.82, 2.24) is 14.8 Å². The van der Waals surface area contributed by atoms with Crippen molar-refractivity contribution in [2.24, 2.45) is 5.41 Å². The number of nitrogens with zero attached hydrogens (tertiary/aromatic N) is 3. The van der Waals surface area contributed by atoms with Crippen LogP contribution < -0.4 is 8.92 Å². The van der Waals surface area contributed by atoms with Crippen LogP contribution in [0.4, 0.5) is 4.39 Å². The zero-order valence-electron chi connectivity index (χ0n) is 28.2. The minimum Gasteiger partial charge on any atom is -0.491 e. The molecule has 2 aliphatic rings. The molecule has 272 valence electrons. The highest BCUT2D eigenvalue weighted by Gasteiger charge is 2.39. The third-order valence-corrected chi connectivity index (χ3v) is 9.40. The average molecular weight is 750 g/mol. The third-order valence-electron chi connectivity index (χ3n) is 8.11. The van der Waals surface area contributed by atoms with Gasteiger partial charge >= 0.3 is 10.1 Å². The molecule has 0 aliphatic carbocycles. The summed E-state index contributed by atoms with van der Waals surface area (Å²) in [6.45, 7) is 3.77. The highest BCUT2D eigenvalue weighted by molar-refractivity contribution is 7.86. The largest absolute Gasteiger partial charge is 0.491 e. The minimum absolute atomic E-state index is 0.0299. The number of pyridine rings is 1. The second-order valence-electron chi connectivity index (χ2n) is 12.7. The van der Waals surface area contributed by atoms with Crippen molar-refractivity contribution in [3.05, 3.63) is 51.4 Å². The van der Waals surface area contributed by atoms with E-state index in [0.29, 0.717) is 18.6 Å². The summed E-state index contributed by atoms with van der Waals surface area (Å²) in [5.41, 5.74) is -0.559. The summed E-state index contributed by atoms with van der Waals surface area (Å²) in [6.07, 6.45) is 2.76. The molecule has 2 atom stereocenters. The molecule has 1 saturated heterocycles. The molecule has 2 aromatic rings. The van der Waals surface area contributed by atoms with Crippen LogP contribution in [0.3, 0.4) is 0 Å². The van der Waals surface area contributed by atoms with Gasteiger partial charge in [0.15, 0.2) is 12.0 Å². The number of hydrogen-bond acceptors (Lipinski definition) is 12. The Balaban J connectivity index is 1.72. The van der Waals surface area contributed by atoms with Gasteiger partial charge in [-0.05, 0) is 43.4 Å². The summed E-state index contributed by atoms with van der Waals surface area (Å²) in [4.78, 5) is 35.1. The highest BCUT2D eigenvalue weighted by Crippen LogP contribution is 2.39. The van der Waals surface area contributed by atoms with Crippen molar-refractivity contribution in [3.8, 4) is 11.6 Å². The van der Waals surface area contributed by atoms with E-state index in [1.807, 2.05) is 0 Å². The molecular weight excluding hydrogens is 709 g/mol. The Bertz CT molecular complexity index is 1780. The Labute approximate surface area is 291 Å². The zero-order valence-corrected chi connectivity index (χ0v) is 30.5. The molecule has 18 heteroatoms. The molecule has 1 aromatic heterocycles. The van der Waals surface area contributed by atoms with Crippen LogP contribution >= 0.6 is 11.6 Å². The van der Waals surface area contributed by atoms with Gasteiger partial charge < -0.3 is 28.2 Å². The van der Waals surface area contributed by atoms with Crippen LogP contribution in [-0.2, 0) is 46.9 Å². The monoisotopic (exact) mass is 749 g/mol. The Hall–Kier alpha value is -3.09. The second-order valence-corrected chi connectivity index (χ2v) is 16.4. The molecule has 0 saturated carbocycles. The number of aromatic nitrogens is 1. The first kappa shape index (κ1) is 38.7. The van der Waals surface area contributed by atoms with Gasteiger partial charge in [0.2, 0.25) is 0 Å². The summed E-state index contributed by atoms with van der Waals surface area (Å²) < 4.78 is 89.6. The van der Waals surface area contributed by atoms with Gasteiger partial charge in [-0.25, -0.2) is 9.37 Å². The maximum atomic E-state index is 14.2. The Morgan fingerprint density at radius 3 is 2.51 bits per heavy atom. The minimum atomic E-state index is -4.20. The number of halogens is 2. The van der Waals surface area contributed by atoms with Gasteiger partial charge in [-0.2, -0.15) is 16.8 Å². The summed E-state index contributed by atoms with van der Waals surface area (Å²) in [5, 5.41) is -0.118. The first-order valence-corrected chi connectivity index (χ1v) is 19.4. The quantitative estimate of drug-likeness (QED) is 0.259. The van der Waals surface area contributed by atoms with Gasteiger partial charge in [0, 0.05) is 44.3 Å². The lowest BCUT2D eigenvalue weighted by Gasteiger charge is -2.39. The lowest BCUT2D eigenvalue weighted by atomic mass is 9.86. The van der Waals surface area contributed by atoms with Crippen molar-refractivity contribution in [3.63, 3.8) is 0 Å². The number of hydrogen-bond donors (Lipinski definition) is 0. The predicted molar refractivity (Wildman–Crippen MR) is 176 cm³/mol. The van der Waals surface area contributed by atoms with Gasteiger partial charge in [0.25, 0.3) is 27.8 Å². The van der Waals surface area contributed by atoms with Crippen molar-refractivity contribution < 1.29 is 53.4 Å². The van der Waals surface area contributed by atoms with Gasteiger partial charge in [0.1, 0.15) is 11.5 Å². The smallest absolute Gasteiger partial charge is 0.307 e. The number of benzene rings is 1. The fourth-order valence-electron chi connectivity index (χ4n) is 5.47. The summed E-state index contributed by atoms with van der Waals surface area (Å²) in [6, 6.07) is 4.06. The lowest BCUT2D eigenvalue weighted by Crippen LogP contribution is -2.48. The standard InChI is InChI=1S/C31H41ClFN3O11S2/c1-31(2,18-45-48(5,39)40)23(46-24-9-7-8-14-44-24)17-35(3)30(38)26-20-12-13-36(16-19-10-11-22(33)21(32)15-19)29(37)25(20)27(43-4)28(34-26)47-49(6,41)42/h10-11,15,23-24H,7-9,12-14,16-18H2,1-6H3/t23?,24-/m1/s1. The fourth-order valence-corrected chi connectivity index (χ4v) is 6.59. The van der Waals surface area contributed by atoms with E-state index in [4.69, 9.17) is 34.2 Å². The van der Waals surface area contributed by atoms with E-state index in [1.54, 1.807) is 13.8 Å².